The van der Waals surface area contributed by atoms with Crippen LogP contribution < -0.4 is 11.2 Å². The van der Waals surface area contributed by atoms with E-state index in [9.17, 15) is 19.5 Å². The van der Waals surface area contributed by atoms with E-state index >= 15 is 0 Å². The maximum absolute atomic E-state index is 12.9. The van der Waals surface area contributed by atoms with Crippen molar-refractivity contribution in [2.24, 2.45) is 0 Å². The summed E-state index contributed by atoms with van der Waals surface area (Å²) in [6, 6.07) is 10.1. The number of aromatic nitrogens is 2. The third-order valence-electron chi connectivity index (χ3n) is 4.15. The highest BCUT2D eigenvalue weighted by Crippen LogP contribution is 2.23. The molecule has 0 bridgehead atoms. The normalized spacial score (nSPS) is 12.3. The molecule has 0 radical (unpaired) electrons. The Morgan fingerprint density at radius 1 is 1.12 bits per heavy atom. The molecule has 2 aromatic carbocycles. The fourth-order valence-electron chi connectivity index (χ4n) is 2.77. The summed E-state index contributed by atoms with van der Waals surface area (Å²) in [4.78, 5) is 37.2. The molecule has 1 unspecified atom stereocenters. The molecule has 0 spiro atoms. The molecule has 0 saturated carbocycles. The molecule has 0 amide bonds. The zero-order valence-electron chi connectivity index (χ0n) is 13.6. The molecule has 0 aliphatic heterocycles. The zero-order chi connectivity index (χ0) is 19.0. The molecule has 1 heterocycles. The highest BCUT2D eigenvalue weighted by atomic mass is 35.5. The summed E-state index contributed by atoms with van der Waals surface area (Å²) in [7, 11) is 0. The Bertz CT molecular complexity index is 1130. The lowest BCUT2D eigenvalue weighted by atomic mass is 10.2. The molecular weight excluding hydrogens is 379 g/mol. The number of para-hydroxylation sites is 1. The lowest BCUT2D eigenvalue weighted by molar-refractivity contribution is -0.140. The molecule has 0 aliphatic rings. The van der Waals surface area contributed by atoms with Crippen molar-refractivity contribution in [2.45, 2.75) is 19.5 Å². The monoisotopic (exact) mass is 392 g/mol. The smallest absolute Gasteiger partial charge is 0.332 e. The number of benzene rings is 2. The van der Waals surface area contributed by atoms with Crippen molar-refractivity contribution < 1.29 is 9.90 Å². The van der Waals surface area contributed by atoms with Crippen LogP contribution in [0.5, 0.6) is 0 Å². The van der Waals surface area contributed by atoms with Crippen LogP contribution in [0.4, 0.5) is 0 Å². The van der Waals surface area contributed by atoms with Gasteiger partial charge in [0, 0.05) is 0 Å². The molecule has 26 heavy (non-hydrogen) atoms. The number of rotatable bonds is 4. The van der Waals surface area contributed by atoms with Gasteiger partial charge < -0.3 is 5.11 Å². The molecule has 0 aliphatic carbocycles. The Kier molecular flexibility index (Phi) is 4.89. The van der Waals surface area contributed by atoms with Gasteiger partial charge in [0.2, 0.25) is 0 Å². The number of nitrogens with zero attached hydrogens (tertiary/aromatic N) is 2. The van der Waals surface area contributed by atoms with Gasteiger partial charge in [-0.05, 0) is 36.8 Å². The van der Waals surface area contributed by atoms with E-state index in [1.165, 1.54) is 6.92 Å². The molecule has 6 nitrogen and oxygen atoms in total. The number of halogens is 2. The largest absolute Gasteiger partial charge is 0.480 e. The van der Waals surface area contributed by atoms with Gasteiger partial charge in [0.05, 0.1) is 27.5 Å². The van der Waals surface area contributed by atoms with Crippen LogP contribution in [-0.2, 0) is 11.3 Å². The summed E-state index contributed by atoms with van der Waals surface area (Å²) in [5.74, 6) is -1.17. The van der Waals surface area contributed by atoms with Gasteiger partial charge in [-0.2, -0.15) is 0 Å². The topological polar surface area (TPSA) is 81.3 Å². The van der Waals surface area contributed by atoms with E-state index in [-0.39, 0.29) is 17.4 Å². The van der Waals surface area contributed by atoms with Crippen LogP contribution in [0.3, 0.4) is 0 Å². The minimum absolute atomic E-state index is 0.0499. The summed E-state index contributed by atoms with van der Waals surface area (Å²) in [6.45, 7) is 1.34. The van der Waals surface area contributed by atoms with Gasteiger partial charge in [-0.1, -0.05) is 41.4 Å². The van der Waals surface area contributed by atoms with Crippen molar-refractivity contribution in [3.63, 3.8) is 0 Å². The van der Waals surface area contributed by atoms with E-state index in [2.05, 4.69) is 0 Å². The average molecular weight is 393 g/mol. The van der Waals surface area contributed by atoms with Gasteiger partial charge >= 0.3 is 11.7 Å². The lowest BCUT2D eigenvalue weighted by Crippen LogP contribution is -2.42. The van der Waals surface area contributed by atoms with Crippen LogP contribution in [0.2, 0.25) is 10.0 Å². The summed E-state index contributed by atoms with van der Waals surface area (Å²) < 4.78 is 2.11. The van der Waals surface area contributed by atoms with Crippen molar-refractivity contribution in [3.8, 4) is 0 Å². The Morgan fingerprint density at radius 2 is 1.81 bits per heavy atom. The van der Waals surface area contributed by atoms with Gasteiger partial charge in [0.25, 0.3) is 5.56 Å². The second-order valence-electron chi connectivity index (χ2n) is 5.82. The third kappa shape index (κ3) is 3.13. The first-order valence-corrected chi connectivity index (χ1v) is 8.47. The predicted molar refractivity (Wildman–Crippen MR) is 100 cm³/mol. The predicted octanol–water partition coefficient (Wildman–Crippen LogP) is 3.16. The Morgan fingerprint density at radius 3 is 2.46 bits per heavy atom. The Labute approximate surface area is 157 Å². The maximum atomic E-state index is 12.9. The standard InChI is InChI=1S/C18H14Cl2N2O4/c1-10(17(24)25)22-15-5-3-2-4-12(15)16(23)21(18(22)26)9-11-6-7-13(19)14(20)8-11/h2-8,10H,9H2,1H3,(H,24,25). The molecule has 1 atom stereocenters. The third-order valence-corrected chi connectivity index (χ3v) is 4.88. The van der Waals surface area contributed by atoms with Crippen molar-refractivity contribution in [2.75, 3.05) is 0 Å². The summed E-state index contributed by atoms with van der Waals surface area (Å²) in [6.07, 6.45) is 0. The van der Waals surface area contributed by atoms with E-state index < -0.39 is 23.3 Å². The zero-order valence-corrected chi connectivity index (χ0v) is 15.2. The number of aliphatic carboxylic acids is 1. The lowest BCUT2D eigenvalue weighted by Gasteiger charge is -2.17. The van der Waals surface area contributed by atoms with Gasteiger partial charge in [0.15, 0.2) is 0 Å². The van der Waals surface area contributed by atoms with E-state index in [1.807, 2.05) is 0 Å². The number of carboxylic acid groups (broad SMARTS) is 1. The fourth-order valence-corrected chi connectivity index (χ4v) is 3.10. The summed E-state index contributed by atoms with van der Waals surface area (Å²) in [5, 5.41) is 10.3. The SMILES string of the molecule is CC(C(=O)O)n1c(=O)n(Cc2ccc(Cl)c(Cl)c2)c(=O)c2ccccc21. The second kappa shape index (κ2) is 6.97. The van der Waals surface area contributed by atoms with Crippen molar-refractivity contribution in [1.29, 1.82) is 0 Å². The minimum Gasteiger partial charge on any atom is -0.480 e. The molecule has 3 aromatic rings. The van der Waals surface area contributed by atoms with Crippen LogP contribution in [0.25, 0.3) is 10.9 Å². The molecule has 8 heteroatoms. The van der Waals surface area contributed by atoms with Gasteiger partial charge in [-0.25, -0.2) is 9.59 Å². The van der Waals surface area contributed by atoms with Crippen molar-refractivity contribution in [3.05, 3.63) is 78.9 Å². The Hall–Kier alpha value is -2.57. The number of carboxylic acids is 1. The van der Waals surface area contributed by atoms with Crippen molar-refractivity contribution in [1.82, 2.24) is 9.13 Å². The number of hydrogen-bond donors (Lipinski definition) is 1. The fraction of sp³-hybridized carbons (Fsp3) is 0.167. The average Bonchev–Trinajstić information content (AvgIpc) is 2.61. The van der Waals surface area contributed by atoms with E-state index in [0.29, 0.717) is 15.6 Å². The van der Waals surface area contributed by atoms with E-state index in [1.54, 1.807) is 42.5 Å². The number of hydrogen-bond acceptors (Lipinski definition) is 3. The van der Waals surface area contributed by atoms with Gasteiger partial charge in [-0.3, -0.25) is 13.9 Å². The first-order chi connectivity index (χ1) is 12.3. The van der Waals surface area contributed by atoms with Crippen LogP contribution in [0.15, 0.2) is 52.1 Å². The minimum atomic E-state index is -1.17. The highest BCUT2D eigenvalue weighted by Gasteiger charge is 2.21. The molecule has 0 fully saturated rings. The number of carbonyl (C=O) groups is 1. The summed E-state index contributed by atoms with van der Waals surface area (Å²) >= 11 is 11.9. The van der Waals surface area contributed by atoms with Gasteiger partial charge in [0.1, 0.15) is 6.04 Å². The highest BCUT2D eigenvalue weighted by molar-refractivity contribution is 6.42. The van der Waals surface area contributed by atoms with Crippen molar-refractivity contribution >= 4 is 40.1 Å². The number of fused-ring (bicyclic) bond motifs is 1. The molecule has 3 rings (SSSR count). The Balaban J connectivity index is 2.28. The molecule has 134 valence electrons. The first kappa shape index (κ1) is 18.2. The molecule has 1 N–H and O–H groups in total. The molecule has 1 aromatic heterocycles. The first-order valence-electron chi connectivity index (χ1n) is 7.72. The van der Waals surface area contributed by atoms with Crippen LogP contribution in [-0.4, -0.2) is 20.2 Å². The van der Waals surface area contributed by atoms with Crippen LogP contribution in [0.1, 0.15) is 18.5 Å². The van der Waals surface area contributed by atoms with Gasteiger partial charge in [-0.15, -0.1) is 0 Å². The molecular formula is C18H14Cl2N2O4. The van der Waals surface area contributed by atoms with Crippen LogP contribution in [0, 0.1) is 0 Å². The second-order valence-corrected chi connectivity index (χ2v) is 6.64. The molecule has 0 saturated heterocycles. The van der Waals surface area contributed by atoms with E-state index in [4.69, 9.17) is 23.2 Å². The van der Waals surface area contributed by atoms with E-state index in [0.717, 1.165) is 9.13 Å². The quantitative estimate of drug-likeness (QED) is 0.739. The van der Waals surface area contributed by atoms with Crippen LogP contribution >= 0.6 is 23.2 Å². The maximum Gasteiger partial charge on any atom is 0.332 e. The summed E-state index contributed by atoms with van der Waals surface area (Å²) in [5.41, 5.74) is -0.314.